The van der Waals surface area contributed by atoms with Crippen molar-refractivity contribution in [1.82, 2.24) is 15.1 Å². The summed E-state index contributed by atoms with van der Waals surface area (Å²) >= 11 is 0. The maximum absolute atomic E-state index is 13.7. The number of nitrogens with one attached hydrogen (secondary N) is 1. The first-order valence-electron chi connectivity index (χ1n) is 7.06. The molecule has 1 aromatic carbocycles. The quantitative estimate of drug-likeness (QED) is 0.874. The number of likely N-dealkylation sites (N-methyl/N-ethyl adjacent to an activating group) is 1. The van der Waals surface area contributed by atoms with Gasteiger partial charge in [0.15, 0.2) is 0 Å². The van der Waals surface area contributed by atoms with Crippen molar-refractivity contribution in [1.29, 1.82) is 0 Å². The third-order valence-corrected chi connectivity index (χ3v) is 4.00. The maximum atomic E-state index is 13.7. The van der Waals surface area contributed by atoms with Crippen molar-refractivity contribution in [3.05, 3.63) is 35.6 Å². The molecule has 0 saturated carbocycles. The highest BCUT2D eigenvalue weighted by atomic mass is 19.1. The van der Waals surface area contributed by atoms with Crippen LogP contribution in [0.15, 0.2) is 24.3 Å². The molecule has 1 aromatic rings. The fourth-order valence-corrected chi connectivity index (χ4v) is 2.48. The predicted octanol–water partition coefficient (Wildman–Crippen LogP) is 1.72. The van der Waals surface area contributed by atoms with Crippen LogP contribution >= 0.6 is 0 Å². The zero-order valence-electron chi connectivity index (χ0n) is 11.9. The minimum absolute atomic E-state index is 0.107. The number of nitrogens with zero attached hydrogens (tertiary/aromatic N) is 2. The summed E-state index contributed by atoms with van der Waals surface area (Å²) in [5.74, 6) is -0.107. The van der Waals surface area contributed by atoms with Crippen molar-refractivity contribution in [3.63, 3.8) is 0 Å². The van der Waals surface area contributed by atoms with Gasteiger partial charge in [-0.25, -0.2) is 4.39 Å². The zero-order chi connectivity index (χ0) is 13.7. The summed E-state index contributed by atoms with van der Waals surface area (Å²) in [6.07, 6.45) is 0. The highest BCUT2D eigenvalue weighted by Crippen LogP contribution is 2.21. The summed E-state index contributed by atoms with van der Waals surface area (Å²) in [5.41, 5.74) is 0.783. The Bertz CT molecular complexity index is 391. The van der Waals surface area contributed by atoms with E-state index in [0.29, 0.717) is 0 Å². The topological polar surface area (TPSA) is 18.5 Å². The van der Waals surface area contributed by atoms with Crippen LogP contribution in [0.4, 0.5) is 4.39 Å². The predicted molar refractivity (Wildman–Crippen MR) is 76.8 cm³/mol. The lowest BCUT2D eigenvalue weighted by Gasteiger charge is -2.31. The first kappa shape index (κ1) is 14.4. The largest absolute Gasteiger partial charge is 0.314 e. The lowest BCUT2D eigenvalue weighted by atomic mass is 10.1. The average molecular weight is 265 g/mol. The molecule has 0 aliphatic carbocycles. The Kier molecular flexibility index (Phi) is 5.31. The van der Waals surface area contributed by atoms with E-state index in [4.69, 9.17) is 0 Å². The number of halogens is 1. The third kappa shape index (κ3) is 4.00. The molecule has 0 radical (unpaired) electrons. The second-order valence-electron chi connectivity index (χ2n) is 5.27. The Morgan fingerprint density at radius 3 is 2.68 bits per heavy atom. The van der Waals surface area contributed by atoms with Gasteiger partial charge in [0, 0.05) is 50.9 Å². The Hall–Kier alpha value is -0.970. The second kappa shape index (κ2) is 6.98. The molecule has 4 heteroatoms. The minimum Gasteiger partial charge on any atom is -0.314 e. The van der Waals surface area contributed by atoms with Crippen molar-refractivity contribution in [3.8, 4) is 0 Å². The van der Waals surface area contributed by atoms with Gasteiger partial charge in [0.05, 0.1) is 0 Å². The van der Waals surface area contributed by atoms with Crippen LogP contribution in [0, 0.1) is 5.82 Å². The van der Waals surface area contributed by atoms with Gasteiger partial charge in [-0.2, -0.15) is 0 Å². The van der Waals surface area contributed by atoms with Crippen LogP contribution in [0.25, 0.3) is 0 Å². The Morgan fingerprint density at radius 1 is 1.32 bits per heavy atom. The summed E-state index contributed by atoms with van der Waals surface area (Å²) in [6.45, 7) is 8.46. The van der Waals surface area contributed by atoms with E-state index in [1.807, 2.05) is 12.1 Å². The summed E-state index contributed by atoms with van der Waals surface area (Å²) in [6, 6.07) is 7.17. The second-order valence-corrected chi connectivity index (χ2v) is 5.27. The van der Waals surface area contributed by atoms with E-state index in [2.05, 4.69) is 29.1 Å². The Morgan fingerprint density at radius 2 is 2.00 bits per heavy atom. The van der Waals surface area contributed by atoms with E-state index in [0.717, 1.165) is 44.8 Å². The monoisotopic (exact) mass is 265 g/mol. The van der Waals surface area contributed by atoms with E-state index in [9.17, 15) is 4.39 Å². The van der Waals surface area contributed by atoms with Gasteiger partial charge in [-0.3, -0.25) is 9.80 Å². The van der Waals surface area contributed by atoms with Crippen molar-refractivity contribution < 1.29 is 4.39 Å². The molecule has 1 heterocycles. The molecule has 0 aromatic heterocycles. The summed E-state index contributed by atoms with van der Waals surface area (Å²) < 4.78 is 13.7. The molecule has 1 aliphatic heterocycles. The number of piperazine rings is 1. The van der Waals surface area contributed by atoms with Crippen LogP contribution in [0.3, 0.4) is 0 Å². The maximum Gasteiger partial charge on any atom is 0.127 e. The highest BCUT2D eigenvalue weighted by molar-refractivity contribution is 5.20. The normalized spacial score (nSPS) is 18.7. The molecule has 1 N–H and O–H groups in total. The van der Waals surface area contributed by atoms with Gasteiger partial charge in [-0.1, -0.05) is 18.2 Å². The highest BCUT2D eigenvalue weighted by Gasteiger charge is 2.16. The lowest BCUT2D eigenvalue weighted by Crippen LogP contribution is -2.46. The van der Waals surface area contributed by atoms with E-state index in [1.54, 1.807) is 6.07 Å². The van der Waals surface area contributed by atoms with Gasteiger partial charge < -0.3 is 5.32 Å². The molecule has 1 aliphatic rings. The van der Waals surface area contributed by atoms with Crippen LogP contribution in [0.1, 0.15) is 18.5 Å². The van der Waals surface area contributed by atoms with Crippen molar-refractivity contribution >= 4 is 0 Å². The number of hydrogen-bond donors (Lipinski definition) is 1. The SMILES string of the molecule is CC(c1ccccc1F)N(C)CCN1CCNCC1. The molecule has 1 unspecified atom stereocenters. The third-order valence-electron chi connectivity index (χ3n) is 4.00. The smallest absolute Gasteiger partial charge is 0.127 e. The van der Waals surface area contributed by atoms with Gasteiger partial charge in [-0.05, 0) is 20.0 Å². The Balaban J connectivity index is 1.85. The first-order chi connectivity index (χ1) is 9.18. The van der Waals surface area contributed by atoms with E-state index < -0.39 is 0 Å². The van der Waals surface area contributed by atoms with Crippen LogP contribution in [0.2, 0.25) is 0 Å². The minimum atomic E-state index is -0.107. The summed E-state index contributed by atoms with van der Waals surface area (Å²) in [7, 11) is 2.07. The number of rotatable bonds is 5. The van der Waals surface area contributed by atoms with Gasteiger partial charge in [0.1, 0.15) is 5.82 Å². The molecular formula is C15H24FN3. The summed E-state index contributed by atoms with van der Waals surface area (Å²) in [4.78, 5) is 4.68. The zero-order valence-corrected chi connectivity index (χ0v) is 11.9. The van der Waals surface area contributed by atoms with Crippen LogP contribution < -0.4 is 5.32 Å². The van der Waals surface area contributed by atoms with Gasteiger partial charge in [0.2, 0.25) is 0 Å². The van der Waals surface area contributed by atoms with Crippen LogP contribution in [-0.4, -0.2) is 56.1 Å². The van der Waals surface area contributed by atoms with Crippen molar-refractivity contribution in [2.75, 3.05) is 46.3 Å². The standard InChI is InChI=1S/C15H24FN3/c1-13(14-5-3-4-6-15(14)16)18(2)11-12-19-9-7-17-8-10-19/h3-6,13,17H,7-12H2,1-2H3. The Labute approximate surface area is 115 Å². The molecule has 2 rings (SSSR count). The molecule has 0 bridgehead atoms. The first-order valence-corrected chi connectivity index (χ1v) is 7.06. The molecule has 1 saturated heterocycles. The van der Waals surface area contributed by atoms with E-state index in [-0.39, 0.29) is 11.9 Å². The van der Waals surface area contributed by atoms with Crippen molar-refractivity contribution in [2.24, 2.45) is 0 Å². The van der Waals surface area contributed by atoms with Gasteiger partial charge >= 0.3 is 0 Å². The molecule has 106 valence electrons. The molecule has 0 amide bonds. The van der Waals surface area contributed by atoms with Crippen LogP contribution in [0.5, 0.6) is 0 Å². The van der Waals surface area contributed by atoms with E-state index >= 15 is 0 Å². The van der Waals surface area contributed by atoms with Gasteiger partial charge in [0.25, 0.3) is 0 Å². The average Bonchev–Trinajstić information content (AvgIpc) is 2.45. The molecule has 0 spiro atoms. The number of benzene rings is 1. The molecule has 19 heavy (non-hydrogen) atoms. The van der Waals surface area contributed by atoms with Crippen LogP contribution in [-0.2, 0) is 0 Å². The molecule has 1 atom stereocenters. The molecular weight excluding hydrogens is 241 g/mol. The fourth-order valence-electron chi connectivity index (χ4n) is 2.48. The summed E-state index contributed by atoms with van der Waals surface area (Å²) in [5, 5.41) is 3.35. The fraction of sp³-hybridized carbons (Fsp3) is 0.600. The van der Waals surface area contributed by atoms with Crippen molar-refractivity contribution in [2.45, 2.75) is 13.0 Å². The lowest BCUT2D eigenvalue weighted by molar-refractivity contribution is 0.181. The van der Waals surface area contributed by atoms with E-state index in [1.165, 1.54) is 6.07 Å². The number of hydrogen-bond acceptors (Lipinski definition) is 3. The van der Waals surface area contributed by atoms with Gasteiger partial charge in [-0.15, -0.1) is 0 Å². The molecule has 3 nitrogen and oxygen atoms in total. The molecule has 1 fully saturated rings.